The summed E-state index contributed by atoms with van der Waals surface area (Å²) in [5.74, 6) is 4.38. The molecular weight excluding hydrogens is 486 g/mol. The van der Waals surface area contributed by atoms with Gasteiger partial charge in [-0.05, 0) is 86.1 Å². The van der Waals surface area contributed by atoms with Gasteiger partial charge in [-0.25, -0.2) is 5.48 Å². The van der Waals surface area contributed by atoms with E-state index in [9.17, 15) is 19.5 Å². The molecule has 3 rings (SSSR count). The molecule has 2 aromatic carbocycles. The van der Waals surface area contributed by atoms with Crippen LogP contribution in [0.15, 0.2) is 73.1 Å². The van der Waals surface area contributed by atoms with E-state index in [1.165, 1.54) is 12.4 Å². The second-order valence-corrected chi connectivity index (χ2v) is 8.40. The van der Waals surface area contributed by atoms with Crippen LogP contribution < -0.4 is 21.4 Å². The summed E-state index contributed by atoms with van der Waals surface area (Å²) in [5.41, 5.74) is 4.91. The van der Waals surface area contributed by atoms with E-state index in [-0.39, 0.29) is 18.0 Å². The van der Waals surface area contributed by atoms with Gasteiger partial charge in [0.2, 0.25) is 5.91 Å². The topological polar surface area (TPSA) is 153 Å². The Kier molecular flexibility index (Phi) is 10.5. The van der Waals surface area contributed by atoms with Gasteiger partial charge in [-0.15, -0.1) is 0 Å². The molecule has 0 saturated carbocycles. The van der Waals surface area contributed by atoms with Gasteiger partial charge in [0, 0.05) is 34.8 Å². The number of nitrogens with zero attached hydrogens (tertiary/aromatic N) is 1. The monoisotopic (exact) mass is 515 g/mol. The number of aliphatic hydroxyl groups is 1. The van der Waals surface area contributed by atoms with Crippen molar-refractivity contribution >= 4 is 23.4 Å². The summed E-state index contributed by atoms with van der Waals surface area (Å²) in [6.07, 6.45) is 3.10. The summed E-state index contributed by atoms with van der Waals surface area (Å²) in [4.78, 5) is 40.1. The fourth-order valence-electron chi connectivity index (χ4n) is 3.37. The van der Waals surface area contributed by atoms with E-state index in [1.807, 2.05) is 12.1 Å². The summed E-state index contributed by atoms with van der Waals surface area (Å²) in [6.45, 7) is 2.21. The molecule has 38 heavy (non-hydrogen) atoms. The first-order chi connectivity index (χ1) is 18.4. The largest absolute Gasteiger partial charge is 0.391 e. The first kappa shape index (κ1) is 28.0. The molecule has 0 radical (unpaired) electrons. The van der Waals surface area contributed by atoms with Crippen LogP contribution in [0.25, 0.3) is 0 Å². The van der Waals surface area contributed by atoms with Crippen LogP contribution in [-0.4, -0.2) is 58.3 Å². The minimum atomic E-state index is -1.30. The zero-order chi connectivity index (χ0) is 27.3. The van der Waals surface area contributed by atoms with Gasteiger partial charge in [0.15, 0.2) is 0 Å². The minimum absolute atomic E-state index is 0.139. The van der Waals surface area contributed by atoms with Gasteiger partial charge in [0.25, 0.3) is 11.8 Å². The molecule has 0 aliphatic heterocycles. The van der Waals surface area contributed by atoms with Gasteiger partial charge in [-0.2, -0.15) is 0 Å². The number of carbonyl (C=O) groups excluding carboxylic acids is 3. The Bertz CT molecular complexity index is 1280. The lowest BCUT2D eigenvalue weighted by Crippen LogP contribution is -2.51. The summed E-state index contributed by atoms with van der Waals surface area (Å²) in [6, 6.07) is 16.1. The minimum Gasteiger partial charge on any atom is -0.391 e. The normalized spacial score (nSPS) is 11.9. The zero-order valence-corrected chi connectivity index (χ0v) is 20.8. The molecule has 0 aliphatic carbocycles. The average Bonchev–Trinajstić information content (AvgIpc) is 2.94. The molecule has 10 nitrogen and oxygen atoms in total. The van der Waals surface area contributed by atoms with E-state index in [0.717, 1.165) is 17.5 Å². The lowest BCUT2D eigenvalue weighted by Gasteiger charge is -2.19. The van der Waals surface area contributed by atoms with E-state index < -0.39 is 24.0 Å². The van der Waals surface area contributed by atoms with Crippen molar-refractivity contribution in [1.82, 2.24) is 21.1 Å². The predicted molar refractivity (Wildman–Crippen MR) is 141 cm³/mol. The zero-order valence-electron chi connectivity index (χ0n) is 20.8. The Morgan fingerprint density at radius 2 is 1.53 bits per heavy atom. The molecule has 196 valence electrons. The number of aromatic nitrogens is 1. The van der Waals surface area contributed by atoms with Crippen LogP contribution in [0.2, 0.25) is 0 Å². The number of aliphatic hydroxyl groups excluding tert-OH is 1. The third-order valence-electron chi connectivity index (χ3n) is 5.45. The fraction of sp³-hybridized carbons (Fsp3) is 0.214. The first-order valence-electron chi connectivity index (χ1n) is 11.9. The maximum Gasteiger partial charge on any atom is 0.268 e. The van der Waals surface area contributed by atoms with E-state index in [0.29, 0.717) is 17.8 Å². The van der Waals surface area contributed by atoms with Crippen molar-refractivity contribution in [2.24, 2.45) is 0 Å². The molecule has 0 aliphatic rings. The highest BCUT2D eigenvalue weighted by Gasteiger charge is 2.25. The summed E-state index contributed by atoms with van der Waals surface area (Å²) >= 11 is 0. The molecule has 0 bridgehead atoms. The van der Waals surface area contributed by atoms with Crippen molar-refractivity contribution in [3.05, 3.63) is 95.3 Å². The number of carbonyl (C=O) groups is 3. The number of nitrogens with one attached hydrogen (secondary N) is 4. The highest BCUT2D eigenvalue weighted by atomic mass is 16.5. The molecule has 3 aromatic rings. The number of benzene rings is 2. The number of anilines is 1. The Hall–Kier alpha value is -4.56. The fourth-order valence-corrected chi connectivity index (χ4v) is 3.37. The van der Waals surface area contributed by atoms with Crippen LogP contribution in [0, 0.1) is 11.8 Å². The first-order valence-corrected chi connectivity index (χ1v) is 11.9. The number of pyridine rings is 1. The Balaban J connectivity index is 1.47. The quantitative estimate of drug-likeness (QED) is 0.103. The number of rotatable bonds is 10. The van der Waals surface area contributed by atoms with Crippen LogP contribution in [-0.2, 0) is 16.0 Å². The van der Waals surface area contributed by atoms with E-state index in [2.05, 4.69) is 32.8 Å². The molecule has 0 saturated heterocycles. The van der Waals surface area contributed by atoms with Gasteiger partial charge < -0.3 is 21.1 Å². The van der Waals surface area contributed by atoms with E-state index in [4.69, 9.17) is 5.21 Å². The van der Waals surface area contributed by atoms with Crippen molar-refractivity contribution in [2.75, 3.05) is 18.4 Å². The predicted octanol–water partition coefficient (Wildman–Crippen LogP) is 1.24. The van der Waals surface area contributed by atoms with Crippen molar-refractivity contribution < 1.29 is 24.7 Å². The van der Waals surface area contributed by atoms with E-state index in [1.54, 1.807) is 60.9 Å². The van der Waals surface area contributed by atoms with Crippen molar-refractivity contribution in [1.29, 1.82) is 0 Å². The van der Waals surface area contributed by atoms with Crippen LogP contribution in [0.1, 0.15) is 34.0 Å². The second-order valence-electron chi connectivity index (χ2n) is 8.40. The van der Waals surface area contributed by atoms with Gasteiger partial charge in [0.1, 0.15) is 6.04 Å². The number of hydroxylamine groups is 1. The lowest BCUT2D eigenvalue weighted by atomic mass is 10.1. The highest BCUT2D eigenvalue weighted by Crippen LogP contribution is 2.10. The maximum absolute atomic E-state index is 12.4. The van der Waals surface area contributed by atoms with Crippen LogP contribution >= 0.6 is 0 Å². The molecule has 6 N–H and O–H groups in total. The summed E-state index contributed by atoms with van der Waals surface area (Å²) in [7, 11) is 0. The molecule has 0 spiro atoms. The van der Waals surface area contributed by atoms with Crippen LogP contribution in [0.5, 0.6) is 0 Å². The molecule has 10 heteroatoms. The maximum atomic E-state index is 12.4. The van der Waals surface area contributed by atoms with Gasteiger partial charge in [-0.1, -0.05) is 11.8 Å². The lowest BCUT2D eigenvalue weighted by molar-refractivity contribution is -0.133. The molecule has 0 fully saturated rings. The van der Waals surface area contributed by atoms with Crippen LogP contribution in [0.3, 0.4) is 0 Å². The third kappa shape index (κ3) is 8.83. The number of amides is 3. The summed E-state index contributed by atoms with van der Waals surface area (Å²) in [5, 5.41) is 26.7. The summed E-state index contributed by atoms with van der Waals surface area (Å²) < 4.78 is 0. The standard InChI is InChI=1S/C28H29N5O5/c1-19(34)26(28(37)33-38)32-27(36)23-8-4-20(5-9-23)2-3-21-6-10-24(11-7-21)31-25(35)18-30-17-14-22-12-15-29-16-13-22/h4-13,15-16,19,26,30,34,38H,14,17-18H2,1H3,(H,31,35)(H,32,36)(H,33,37)/t19-,26+/m1/s1. The van der Waals surface area contributed by atoms with E-state index >= 15 is 0 Å². The SMILES string of the molecule is C[C@@H](O)[C@H](NC(=O)c1ccc(C#Cc2ccc(NC(=O)CNCCc3ccncc3)cc2)cc1)C(=O)NO. The highest BCUT2D eigenvalue weighted by molar-refractivity contribution is 5.97. The molecule has 1 aromatic heterocycles. The Morgan fingerprint density at radius 1 is 0.921 bits per heavy atom. The molecular formula is C28H29N5O5. The smallest absolute Gasteiger partial charge is 0.268 e. The van der Waals surface area contributed by atoms with Gasteiger partial charge >= 0.3 is 0 Å². The second kappa shape index (κ2) is 14.2. The Morgan fingerprint density at radius 3 is 2.11 bits per heavy atom. The third-order valence-corrected chi connectivity index (χ3v) is 5.45. The van der Waals surface area contributed by atoms with Crippen molar-refractivity contribution in [3.8, 4) is 11.8 Å². The molecule has 2 atom stereocenters. The average molecular weight is 516 g/mol. The Labute approximate surface area is 220 Å². The van der Waals surface area contributed by atoms with Crippen molar-refractivity contribution in [2.45, 2.75) is 25.5 Å². The number of hydrogen-bond donors (Lipinski definition) is 6. The van der Waals surface area contributed by atoms with Crippen molar-refractivity contribution in [3.63, 3.8) is 0 Å². The van der Waals surface area contributed by atoms with Gasteiger partial charge in [-0.3, -0.25) is 24.6 Å². The molecule has 3 amide bonds. The molecule has 1 heterocycles. The van der Waals surface area contributed by atoms with Crippen LogP contribution in [0.4, 0.5) is 5.69 Å². The number of hydrogen-bond acceptors (Lipinski definition) is 7. The van der Waals surface area contributed by atoms with Gasteiger partial charge in [0.05, 0.1) is 12.6 Å². The molecule has 0 unspecified atom stereocenters.